The normalized spacial score (nSPS) is 25.9. The summed E-state index contributed by atoms with van der Waals surface area (Å²) in [6.45, 7) is 10.5. The van der Waals surface area contributed by atoms with Gasteiger partial charge in [-0.1, -0.05) is 45.0 Å². The van der Waals surface area contributed by atoms with Gasteiger partial charge in [0.15, 0.2) is 0 Å². The molecule has 1 fully saturated rings. The molecule has 2 unspecified atom stereocenters. The van der Waals surface area contributed by atoms with Gasteiger partial charge in [-0.25, -0.2) is 0 Å². The molecule has 0 aromatic heterocycles. The van der Waals surface area contributed by atoms with Gasteiger partial charge in [0.25, 0.3) is 0 Å². The quantitative estimate of drug-likeness (QED) is 0.805. The summed E-state index contributed by atoms with van der Waals surface area (Å²) in [5.74, 6) is 0. The molecule has 2 atom stereocenters. The lowest BCUT2D eigenvalue weighted by molar-refractivity contribution is 0.0504. The van der Waals surface area contributed by atoms with Gasteiger partial charge in [-0.05, 0) is 23.5 Å². The van der Waals surface area contributed by atoms with Crippen LogP contribution in [-0.2, 0) is 10.2 Å². The SMILES string of the molecule is CC1COCC(c2ccc(C(C)(C)C)cc2)N1. The van der Waals surface area contributed by atoms with E-state index in [-0.39, 0.29) is 5.41 Å². The fourth-order valence-corrected chi connectivity index (χ4v) is 2.21. The summed E-state index contributed by atoms with van der Waals surface area (Å²) in [6, 6.07) is 9.69. The average Bonchev–Trinajstić information content (AvgIpc) is 2.28. The second-order valence-corrected chi connectivity index (χ2v) is 6.03. The Morgan fingerprint density at radius 2 is 1.76 bits per heavy atom. The van der Waals surface area contributed by atoms with Gasteiger partial charge in [-0.15, -0.1) is 0 Å². The molecule has 2 nitrogen and oxygen atoms in total. The molecule has 0 bridgehead atoms. The predicted molar refractivity (Wildman–Crippen MR) is 71.3 cm³/mol. The molecule has 2 rings (SSSR count). The smallest absolute Gasteiger partial charge is 0.0662 e. The Hall–Kier alpha value is -0.860. The largest absolute Gasteiger partial charge is 0.378 e. The molecule has 1 N–H and O–H groups in total. The molecule has 1 aromatic carbocycles. The first-order valence-electron chi connectivity index (χ1n) is 6.41. The van der Waals surface area contributed by atoms with E-state index in [1.165, 1.54) is 11.1 Å². The van der Waals surface area contributed by atoms with Crippen molar-refractivity contribution in [2.24, 2.45) is 0 Å². The number of hydrogen-bond donors (Lipinski definition) is 1. The molecule has 1 saturated heterocycles. The van der Waals surface area contributed by atoms with Gasteiger partial charge < -0.3 is 10.1 Å². The van der Waals surface area contributed by atoms with Crippen molar-refractivity contribution in [2.75, 3.05) is 13.2 Å². The lowest BCUT2D eigenvalue weighted by atomic mass is 9.86. The minimum absolute atomic E-state index is 0.225. The third-order valence-corrected chi connectivity index (χ3v) is 3.32. The molecule has 94 valence electrons. The van der Waals surface area contributed by atoms with Gasteiger partial charge in [-0.2, -0.15) is 0 Å². The van der Waals surface area contributed by atoms with Crippen LogP contribution in [0.5, 0.6) is 0 Å². The zero-order chi connectivity index (χ0) is 12.5. The summed E-state index contributed by atoms with van der Waals surface area (Å²) in [5.41, 5.74) is 2.93. The first kappa shape index (κ1) is 12.6. The number of nitrogens with one attached hydrogen (secondary N) is 1. The Labute approximate surface area is 104 Å². The van der Waals surface area contributed by atoms with Crippen LogP contribution in [0.2, 0.25) is 0 Å². The summed E-state index contributed by atoms with van der Waals surface area (Å²) in [5, 5.41) is 3.57. The van der Waals surface area contributed by atoms with Crippen molar-refractivity contribution in [3.05, 3.63) is 35.4 Å². The molecular formula is C15H23NO. The minimum atomic E-state index is 0.225. The van der Waals surface area contributed by atoms with Gasteiger partial charge in [0, 0.05) is 6.04 Å². The van der Waals surface area contributed by atoms with Crippen LogP contribution in [0, 0.1) is 0 Å². The van der Waals surface area contributed by atoms with Crippen LogP contribution in [0.3, 0.4) is 0 Å². The highest BCUT2D eigenvalue weighted by molar-refractivity contribution is 5.29. The van der Waals surface area contributed by atoms with Crippen molar-refractivity contribution in [2.45, 2.75) is 45.2 Å². The van der Waals surface area contributed by atoms with E-state index in [1.807, 2.05) is 0 Å². The number of rotatable bonds is 1. The van der Waals surface area contributed by atoms with Crippen LogP contribution in [0.1, 0.15) is 44.9 Å². The second kappa shape index (κ2) is 4.79. The van der Waals surface area contributed by atoms with Crippen molar-refractivity contribution in [3.63, 3.8) is 0 Å². The standard InChI is InChI=1S/C15H23NO/c1-11-9-17-10-14(16-11)12-5-7-13(8-6-12)15(2,3)4/h5-8,11,14,16H,9-10H2,1-4H3. The summed E-state index contributed by atoms with van der Waals surface area (Å²) < 4.78 is 5.58. The number of morpholine rings is 1. The Kier molecular flexibility index (Phi) is 3.55. The third-order valence-electron chi connectivity index (χ3n) is 3.32. The molecular weight excluding hydrogens is 210 g/mol. The fraction of sp³-hybridized carbons (Fsp3) is 0.600. The lowest BCUT2D eigenvalue weighted by Crippen LogP contribution is -2.41. The molecule has 17 heavy (non-hydrogen) atoms. The summed E-state index contributed by atoms with van der Waals surface area (Å²) in [4.78, 5) is 0. The number of ether oxygens (including phenoxy) is 1. The Balaban J connectivity index is 2.12. The monoisotopic (exact) mass is 233 g/mol. The van der Waals surface area contributed by atoms with E-state index < -0.39 is 0 Å². The highest BCUT2D eigenvalue weighted by Gasteiger charge is 2.20. The van der Waals surface area contributed by atoms with Gasteiger partial charge in [0.05, 0.1) is 19.3 Å². The predicted octanol–water partition coefficient (Wildman–Crippen LogP) is 3.03. The number of hydrogen-bond acceptors (Lipinski definition) is 2. The van der Waals surface area contributed by atoms with E-state index in [0.29, 0.717) is 12.1 Å². The van der Waals surface area contributed by atoms with Crippen LogP contribution in [0.25, 0.3) is 0 Å². The highest BCUT2D eigenvalue weighted by atomic mass is 16.5. The lowest BCUT2D eigenvalue weighted by Gasteiger charge is -2.29. The van der Waals surface area contributed by atoms with E-state index in [2.05, 4.69) is 57.3 Å². The maximum atomic E-state index is 5.58. The summed E-state index contributed by atoms with van der Waals surface area (Å²) in [7, 11) is 0. The van der Waals surface area contributed by atoms with Crippen LogP contribution in [-0.4, -0.2) is 19.3 Å². The maximum absolute atomic E-state index is 5.58. The molecule has 1 heterocycles. The van der Waals surface area contributed by atoms with E-state index in [9.17, 15) is 0 Å². The molecule has 2 heteroatoms. The zero-order valence-corrected chi connectivity index (χ0v) is 11.3. The molecule has 0 aliphatic carbocycles. The molecule has 0 spiro atoms. The van der Waals surface area contributed by atoms with Gasteiger partial charge >= 0.3 is 0 Å². The van der Waals surface area contributed by atoms with Crippen LogP contribution >= 0.6 is 0 Å². The Bertz CT molecular complexity index is 364. The maximum Gasteiger partial charge on any atom is 0.0662 e. The topological polar surface area (TPSA) is 21.3 Å². The summed E-state index contributed by atoms with van der Waals surface area (Å²) in [6.07, 6.45) is 0. The van der Waals surface area contributed by atoms with Crippen LogP contribution in [0.15, 0.2) is 24.3 Å². The minimum Gasteiger partial charge on any atom is -0.378 e. The number of benzene rings is 1. The van der Waals surface area contributed by atoms with Crippen molar-refractivity contribution in [3.8, 4) is 0 Å². The third kappa shape index (κ3) is 3.08. The van der Waals surface area contributed by atoms with Crippen molar-refractivity contribution >= 4 is 0 Å². The highest BCUT2D eigenvalue weighted by Crippen LogP contribution is 2.25. The van der Waals surface area contributed by atoms with E-state index in [1.54, 1.807) is 0 Å². The van der Waals surface area contributed by atoms with Crippen molar-refractivity contribution in [1.82, 2.24) is 5.32 Å². The summed E-state index contributed by atoms with van der Waals surface area (Å²) >= 11 is 0. The average molecular weight is 233 g/mol. The second-order valence-electron chi connectivity index (χ2n) is 6.03. The van der Waals surface area contributed by atoms with Crippen molar-refractivity contribution < 1.29 is 4.74 Å². The van der Waals surface area contributed by atoms with Crippen LogP contribution in [0.4, 0.5) is 0 Å². The molecule has 0 radical (unpaired) electrons. The van der Waals surface area contributed by atoms with Gasteiger partial charge in [-0.3, -0.25) is 0 Å². The first-order chi connectivity index (χ1) is 7.97. The fourth-order valence-electron chi connectivity index (χ4n) is 2.21. The van der Waals surface area contributed by atoms with Gasteiger partial charge in [0.2, 0.25) is 0 Å². The van der Waals surface area contributed by atoms with Crippen molar-refractivity contribution in [1.29, 1.82) is 0 Å². The molecule has 0 saturated carbocycles. The zero-order valence-electron chi connectivity index (χ0n) is 11.3. The van der Waals surface area contributed by atoms with E-state index in [0.717, 1.165) is 13.2 Å². The first-order valence-corrected chi connectivity index (χ1v) is 6.41. The molecule has 1 aliphatic rings. The Morgan fingerprint density at radius 3 is 2.29 bits per heavy atom. The molecule has 1 aromatic rings. The van der Waals surface area contributed by atoms with E-state index >= 15 is 0 Å². The van der Waals surface area contributed by atoms with Gasteiger partial charge in [0.1, 0.15) is 0 Å². The molecule has 1 aliphatic heterocycles. The molecule has 0 amide bonds. The van der Waals surface area contributed by atoms with E-state index in [4.69, 9.17) is 4.74 Å². The van der Waals surface area contributed by atoms with Crippen LogP contribution < -0.4 is 5.32 Å². The Morgan fingerprint density at radius 1 is 1.12 bits per heavy atom.